The fourth-order valence-corrected chi connectivity index (χ4v) is 5.05. The lowest BCUT2D eigenvalue weighted by Crippen LogP contribution is -2.49. The predicted molar refractivity (Wildman–Crippen MR) is 151 cm³/mol. The number of nitrogens with one attached hydrogen (secondary N) is 1. The van der Waals surface area contributed by atoms with Crippen LogP contribution in [-0.4, -0.2) is 70.5 Å². The van der Waals surface area contributed by atoms with Gasteiger partial charge < -0.3 is 19.9 Å². The molecule has 1 unspecified atom stereocenters. The molecule has 204 valence electrons. The van der Waals surface area contributed by atoms with E-state index in [1.807, 2.05) is 30.3 Å². The standard InChI is InChI=1S/C29H33ClN6O3/c1-21-4-2-3-13-36(21)20-22-5-7-23(8-6-22)28(37)33-25-10-12-27(32-19-25)39-29(38)35-16-14-34(15-17-35)26-11-9-24(30)18-31-26/h5-12,18-19,21H,2-4,13-17,20H2,1H3,(H,33,37). The summed E-state index contributed by atoms with van der Waals surface area (Å²) in [5, 5.41) is 3.44. The van der Waals surface area contributed by atoms with Crippen LogP contribution < -0.4 is 15.0 Å². The minimum absolute atomic E-state index is 0.177. The summed E-state index contributed by atoms with van der Waals surface area (Å²) in [6.45, 7) is 6.60. The molecule has 1 aromatic carbocycles. The molecule has 3 aromatic rings. The van der Waals surface area contributed by atoms with Crippen LogP contribution in [-0.2, 0) is 6.54 Å². The van der Waals surface area contributed by atoms with Gasteiger partial charge in [-0.1, -0.05) is 30.2 Å². The highest BCUT2D eigenvalue weighted by molar-refractivity contribution is 6.30. The molecule has 0 saturated carbocycles. The van der Waals surface area contributed by atoms with E-state index in [1.54, 1.807) is 29.3 Å². The predicted octanol–water partition coefficient (Wildman–Crippen LogP) is 5.08. The number of likely N-dealkylation sites (tertiary alicyclic amines) is 1. The number of carbonyl (C=O) groups is 2. The fraction of sp³-hybridized carbons (Fsp3) is 0.379. The van der Waals surface area contributed by atoms with Crippen LogP contribution in [0.1, 0.15) is 42.1 Å². The van der Waals surface area contributed by atoms with Crippen LogP contribution in [0.15, 0.2) is 60.9 Å². The number of rotatable bonds is 6. The summed E-state index contributed by atoms with van der Waals surface area (Å²) in [4.78, 5) is 40.1. The third-order valence-electron chi connectivity index (χ3n) is 7.30. The van der Waals surface area contributed by atoms with Crippen molar-refractivity contribution in [3.05, 3.63) is 77.1 Å². The number of carbonyl (C=O) groups excluding carboxylic acids is 2. The Kier molecular flexibility index (Phi) is 8.58. The Morgan fingerprint density at radius 3 is 2.41 bits per heavy atom. The van der Waals surface area contributed by atoms with Crippen LogP contribution in [0.4, 0.5) is 16.3 Å². The SMILES string of the molecule is CC1CCCCN1Cc1ccc(C(=O)Nc2ccc(OC(=O)N3CCN(c4ccc(Cl)cn4)CC3)nc2)cc1. The van der Waals surface area contributed by atoms with E-state index in [2.05, 4.69) is 32.0 Å². The maximum Gasteiger partial charge on any atom is 0.416 e. The van der Waals surface area contributed by atoms with Gasteiger partial charge in [0.05, 0.1) is 16.9 Å². The second kappa shape index (κ2) is 12.4. The van der Waals surface area contributed by atoms with E-state index >= 15 is 0 Å². The van der Waals surface area contributed by atoms with Crippen molar-refractivity contribution >= 4 is 35.1 Å². The number of benzene rings is 1. The number of piperidine rings is 1. The Morgan fingerprint density at radius 2 is 1.74 bits per heavy atom. The van der Waals surface area contributed by atoms with E-state index < -0.39 is 6.09 Å². The number of piperazine rings is 1. The van der Waals surface area contributed by atoms with Gasteiger partial charge in [-0.25, -0.2) is 14.8 Å². The van der Waals surface area contributed by atoms with Gasteiger partial charge in [-0.15, -0.1) is 0 Å². The van der Waals surface area contributed by atoms with Crippen LogP contribution in [0.25, 0.3) is 0 Å². The van der Waals surface area contributed by atoms with Crippen molar-refractivity contribution in [2.45, 2.75) is 38.8 Å². The summed E-state index contributed by atoms with van der Waals surface area (Å²) >= 11 is 5.91. The van der Waals surface area contributed by atoms with E-state index in [0.29, 0.717) is 48.5 Å². The zero-order valence-corrected chi connectivity index (χ0v) is 22.8. The Hall–Kier alpha value is -3.69. The van der Waals surface area contributed by atoms with E-state index in [-0.39, 0.29) is 11.8 Å². The van der Waals surface area contributed by atoms with Crippen LogP contribution in [0.3, 0.4) is 0 Å². The zero-order valence-electron chi connectivity index (χ0n) is 22.1. The molecule has 4 heterocycles. The molecule has 2 saturated heterocycles. The highest BCUT2D eigenvalue weighted by atomic mass is 35.5. The van der Waals surface area contributed by atoms with Crippen LogP contribution >= 0.6 is 11.6 Å². The van der Waals surface area contributed by atoms with Gasteiger partial charge in [0.1, 0.15) is 5.82 Å². The maximum atomic E-state index is 12.7. The van der Waals surface area contributed by atoms with Gasteiger partial charge in [0, 0.05) is 56.6 Å². The lowest BCUT2D eigenvalue weighted by molar-refractivity contribution is 0.102. The van der Waals surface area contributed by atoms with Gasteiger partial charge >= 0.3 is 6.09 Å². The molecule has 0 spiro atoms. The summed E-state index contributed by atoms with van der Waals surface area (Å²) in [6.07, 6.45) is 6.43. The number of hydrogen-bond acceptors (Lipinski definition) is 7. The van der Waals surface area contributed by atoms with E-state index in [1.165, 1.54) is 31.0 Å². The van der Waals surface area contributed by atoms with Crippen LogP contribution in [0.2, 0.25) is 5.02 Å². The second-order valence-corrected chi connectivity index (χ2v) is 10.5. The van der Waals surface area contributed by atoms with Gasteiger partial charge in [-0.3, -0.25) is 9.69 Å². The number of ether oxygens (including phenoxy) is 1. The first-order chi connectivity index (χ1) is 18.9. The number of nitrogens with zero attached hydrogens (tertiary/aromatic N) is 5. The van der Waals surface area contributed by atoms with Crippen molar-refractivity contribution in [1.29, 1.82) is 0 Å². The topological polar surface area (TPSA) is 90.9 Å². The number of pyridine rings is 2. The zero-order chi connectivity index (χ0) is 27.2. The molecule has 2 fully saturated rings. The summed E-state index contributed by atoms with van der Waals surface area (Å²) in [5.41, 5.74) is 2.31. The van der Waals surface area contributed by atoms with E-state index in [4.69, 9.17) is 16.3 Å². The Bertz CT molecular complexity index is 1260. The molecule has 1 N–H and O–H groups in total. The maximum absolute atomic E-state index is 12.7. The van der Waals surface area contributed by atoms with Crippen molar-refractivity contribution in [2.75, 3.05) is 42.9 Å². The molecule has 5 rings (SSSR count). The Balaban J connectivity index is 1.08. The van der Waals surface area contributed by atoms with Gasteiger partial charge in [-0.05, 0) is 62.2 Å². The first kappa shape index (κ1) is 26.9. The molecule has 39 heavy (non-hydrogen) atoms. The summed E-state index contributed by atoms with van der Waals surface area (Å²) < 4.78 is 5.45. The van der Waals surface area contributed by atoms with E-state index in [9.17, 15) is 9.59 Å². The van der Waals surface area contributed by atoms with Gasteiger partial charge in [0.15, 0.2) is 0 Å². The molecule has 1 atom stereocenters. The average molecular weight is 549 g/mol. The molecular weight excluding hydrogens is 516 g/mol. The molecule has 0 radical (unpaired) electrons. The molecule has 10 heteroatoms. The third kappa shape index (κ3) is 7.04. The lowest BCUT2D eigenvalue weighted by Gasteiger charge is -2.34. The van der Waals surface area contributed by atoms with Gasteiger partial charge in [0.2, 0.25) is 5.88 Å². The second-order valence-electron chi connectivity index (χ2n) is 10.0. The summed E-state index contributed by atoms with van der Waals surface area (Å²) in [5.74, 6) is 0.790. The highest BCUT2D eigenvalue weighted by Crippen LogP contribution is 2.21. The normalized spacial score (nSPS) is 18.1. The lowest BCUT2D eigenvalue weighted by atomic mass is 10.0. The molecule has 2 amide bonds. The van der Waals surface area contributed by atoms with Gasteiger partial charge in [0.25, 0.3) is 5.91 Å². The largest absolute Gasteiger partial charge is 0.416 e. The van der Waals surface area contributed by atoms with E-state index in [0.717, 1.165) is 18.9 Å². The molecule has 0 aliphatic carbocycles. The number of hydrogen-bond donors (Lipinski definition) is 1. The minimum Gasteiger partial charge on any atom is -0.391 e. The monoisotopic (exact) mass is 548 g/mol. The number of aromatic nitrogens is 2. The smallest absolute Gasteiger partial charge is 0.391 e. The Labute approximate surface area is 233 Å². The quantitative estimate of drug-likeness (QED) is 0.459. The number of amides is 2. The van der Waals surface area contributed by atoms with Crippen molar-refractivity contribution in [1.82, 2.24) is 19.8 Å². The van der Waals surface area contributed by atoms with Crippen LogP contribution in [0.5, 0.6) is 5.88 Å². The molecule has 2 aromatic heterocycles. The highest BCUT2D eigenvalue weighted by Gasteiger charge is 2.24. The molecule has 2 aliphatic heterocycles. The minimum atomic E-state index is -0.456. The first-order valence-corrected chi connectivity index (χ1v) is 13.8. The number of anilines is 2. The average Bonchev–Trinajstić information content (AvgIpc) is 2.96. The number of halogens is 1. The third-order valence-corrected chi connectivity index (χ3v) is 7.53. The van der Waals surface area contributed by atoms with Crippen molar-refractivity contribution in [3.63, 3.8) is 0 Å². The van der Waals surface area contributed by atoms with Crippen LogP contribution in [0, 0.1) is 0 Å². The fourth-order valence-electron chi connectivity index (χ4n) is 4.93. The van der Waals surface area contributed by atoms with Crippen molar-refractivity contribution in [2.24, 2.45) is 0 Å². The molecule has 9 nitrogen and oxygen atoms in total. The van der Waals surface area contributed by atoms with Crippen molar-refractivity contribution < 1.29 is 14.3 Å². The summed E-state index contributed by atoms with van der Waals surface area (Å²) in [7, 11) is 0. The molecular formula is C29H33ClN6O3. The van der Waals surface area contributed by atoms with Crippen molar-refractivity contribution in [3.8, 4) is 5.88 Å². The van der Waals surface area contributed by atoms with Gasteiger partial charge in [-0.2, -0.15) is 0 Å². The first-order valence-electron chi connectivity index (χ1n) is 13.4. The molecule has 2 aliphatic rings. The Morgan fingerprint density at radius 1 is 0.949 bits per heavy atom. The summed E-state index contributed by atoms with van der Waals surface area (Å²) in [6, 6.07) is 15.2. The molecule has 0 bridgehead atoms.